The third-order valence-electron chi connectivity index (χ3n) is 4.20. The van der Waals surface area contributed by atoms with E-state index in [1.165, 1.54) is 51.1 Å². The summed E-state index contributed by atoms with van der Waals surface area (Å²) in [7, 11) is -2.40. The number of likely N-dealkylation sites (tertiary alicyclic amines) is 1. The van der Waals surface area contributed by atoms with Gasteiger partial charge in [0, 0.05) is 32.7 Å². The molecule has 1 aromatic rings. The maximum atomic E-state index is 12.5. The first-order valence-electron chi connectivity index (χ1n) is 8.62. The molecule has 1 aromatic carbocycles. The number of carbonyl (C=O) groups excluding carboxylic acids is 2. The molecule has 0 bridgehead atoms. The number of anilines is 1. The van der Waals surface area contributed by atoms with Gasteiger partial charge in [-0.05, 0) is 50.2 Å². The number of nitrogens with zero attached hydrogens (tertiary/aromatic N) is 2. The lowest BCUT2D eigenvalue weighted by Crippen LogP contribution is -2.40. The first-order chi connectivity index (χ1) is 12.3. The number of nitrogens with one attached hydrogen (secondary N) is 2. The summed E-state index contributed by atoms with van der Waals surface area (Å²) >= 11 is 0. The minimum Gasteiger partial charge on any atom is -0.354 e. The Labute approximate surface area is 154 Å². The van der Waals surface area contributed by atoms with Gasteiger partial charge in [0.05, 0.1) is 11.4 Å². The predicted molar refractivity (Wildman–Crippen MR) is 99.2 cm³/mol. The van der Waals surface area contributed by atoms with Crippen LogP contribution < -0.4 is 10.6 Å². The Bertz CT molecular complexity index is 728. The van der Waals surface area contributed by atoms with Gasteiger partial charge in [-0.15, -0.1) is 0 Å². The molecular weight excluding hydrogens is 356 g/mol. The van der Waals surface area contributed by atoms with Crippen LogP contribution in [0.15, 0.2) is 29.2 Å². The number of rotatable bonds is 8. The zero-order chi connectivity index (χ0) is 19.2. The molecular formula is C17H26N4O4S. The van der Waals surface area contributed by atoms with Crippen molar-refractivity contribution in [3.05, 3.63) is 24.3 Å². The maximum absolute atomic E-state index is 12.5. The molecule has 0 atom stereocenters. The van der Waals surface area contributed by atoms with Crippen LogP contribution in [0.25, 0.3) is 0 Å². The Kier molecular flexibility index (Phi) is 7.13. The number of hydrogen-bond acceptors (Lipinski definition) is 5. The molecule has 2 rings (SSSR count). The Morgan fingerprint density at radius 2 is 1.77 bits per heavy atom. The molecule has 1 fully saturated rings. The van der Waals surface area contributed by atoms with Gasteiger partial charge in [0.15, 0.2) is 0 Å². The van der Waals surface area contributed by atoms with Crippen molar-refractivity contribution in [3.63, 3.8) is 0 Å². The van der Waals surface area contributed by atoms with Crippen molar-refractivity contribution < 1.29 is 18.0 Å². The summed E-state index contributed by atoms with van der Waals surface area (Å²) in [5, 5.41) is 5.34. The van der Waals surface area contributed by atoms with Crippen molar-refractivity contribution >= 4 is 27.5 Å². The van der Waals surface area contributed by atoms with E-state index in [-0.39, 0.29) is 23.3 Å². The van der Waals surface area contributed by atoms with E-state index in [4.69, 9.17) is 0 Å². The number of benzene rings is 1. The van der Waals surface area contributed by atoms with Gasteiger partial charge in [0.2, 0.25) is 21.8 Å². The molecule has 0 unspecified atom stereocenters. The van der Waals surface area contributed by atoms with Crippen molar-refractivity contribution in [2.24, 2.45) is 0 Å². The van der Waals surface area contributed by atoms with Gasteiger partial charge in [-0.1, -0.05) is 0 Å². The van der Waals surface area contributed by atoms with E-state index in [9.17, 15) is 18.0 Å². The molecule has 1 aliphatic rings. The van der Waals surface area contributed by atoms with Crippen LogP contribution in [0.1, 0.15) is 19.8 Å². The summed E-state index contributed by atoms with van der Waals surface area (Å²) in [5.74, 6) is -0.562. The van der Waals surface area contributed by atoms with Gasteiger partial charge in [0.25, 0.3) is 0 Å². The first-order valence-corrected chi connectivity index (χ1v) is 10.1. The Balaban J connectivity index is 1.86. The summed E-state index contributed by atoms with van der Waals surface area (Å²) < 4.78 is 26.1. The number of carbonyl (C=O) groups is 2. The molecule has 1 heterocycles. The Morgan fingerprint density at radius 1 is 1.15 bits per heavy atom. The van der Waals surface area contributed by atoms with Gasteiger partial charge in [-0.3, -0.25) is 9.59 Å². The first kappa shape index (κ1) is 20.3. The average molecular weight is 382 g/mol. The molecule has 0 spiro atoms. The average Bonchev–Trinajstić information content (AvgIpc) is 3.08. The van der Waals surface area contributed by atoms with Gasteiger partial charge in [-0.2, -0.15) is 4.31 Å². The van der Waals surface area contributed by atoms with E-state index in [1.54, 1.807) is 0 Å². The number of likely N-dealkylation sites (N-methyl/N-ethyl adjacent to an activating group) is 1. The van der Waals surface area contributed by atoms with Crippen molar-refractivity contribution in [3.8, 4) is 0 Å². The van der Waals surface area contributed by atoms with Crippen LogP contribution in [0.5, 0.6) is 0 Å². The third-order valence-corrected chi connectivity index (χ3v) is 6.02. The van der Waals surface area contributed by atoms with Gasteiger partial charge < -0.3 is 15.5 Å². The van der Waals surface area contributed by atoms with E-state index in [0.717, 1.165) is 23.9 Å². The predicted octanol–water partition coefficient (Wildman–Crippen LogP) is 0.478. The molecule has 2 amide bonds. The molecule has 144 valence electrons. The van der Waals surface area contributed by atoms with Crippen LogP contribution in [0, 0.1) is 0 Å². The lowest BCUT2D eigenvalue weighted by atomic mass is 10.3. The van der Waals surface area contributed by atoms with Crippen molar-refractivity contribution in [2.45, 2.75) is 24.7 Å². The van der Waals surface area contributed by atoms with Crippen molar-refractivity contribution in [1.82, 2.24) is 14.5 Å². The molecule has 8 nitrogen and oxygen atoms in total. The number of hydrogen-bond donors (Lipinski definition) is 2. The second kappa shape index (κ2) is 9.11. The van der Waals surface area contributed by atoms with E-state index in [2.05, 4.69) is 15.5 Å². The van der Waals surface area contributed by atoms with Crippen LogP contribution in [-0.2, 0) is 19.6 Å². The molecule has 0 aromatic heterocycles. The van der Waals surface area contributed by atoms with E-state index in [0.29, 0.717) is 12.2 Å². The quantitative estimate of drug-likeness (QED) is 0.681. The minimum atomic E-state index is -3.77. The standard InChI is InChI=1S/C17H26N4O4S/c1-14(22)19-15-5-7-16(8-6-15)26(24,25)20(2)13-17(23)18-9-12-21-10-3-4-11-21/h5-8H,3-4,9-13H2,1-2H3,(H,18,23)(H,19,22). The lowest BCUT2D eigenvalue weighted by molar-refractivity contribution is -0.121. The highest BCUT2D eigenvalue weighted by Gasteiger charge is 2.23. The molecule has 0 saturated carbocycles. The fraction of sp³-hybridized carbons (Fsp3) is 0.529. The fourth-order valence-corrected chi connectivity index (χ4v) is 3.92. The van der Waals surface area contributed by atoms with Gasteiger partial charge in [-0.25, -0.2) is 8.42 Å². The van der Waals surface area contributed by atoms with Crippen LogP contribution in [0.2, 0.25) is 0 Å². The fourth-order valence-electron chi connectivity index (χ4n) is 2.80. The summed E-state index contributed by atoms with van der Waals surface area (Å²) in [6.45, 7) is 4.54. The zero-order valence-electron chi connectivity index (χ0n) is 15.2. The summed E-state index contributed by atoms with van der Waals surface area (Å²) in [6, 6.07) is 5.83. The highest BCUT2D eigenvalue weighted by Crippen LogP contribution is 2.17. The van der Waals surface area contributed by atoms with Crippen molar-refractivity contribution in [2.75, 3.05) is 45.1 Å². The minimum absolute atomic E-state index is 0.0685. The molecule has 0 radical (unpaired) electrons. The lowest BCUT2D eigenvalue weighted by Gasteiger charge is -2.18. The highest BCUT2D eigenvalue weighted by atomic mass is 32.2. The van der Waals surface area contributed by atoms with E-state index < -0.39 is 10.0 Å². The molecule has 2 N–H and O–H groups in total. The summed E-state index contributed by atoms with van der Waals surface area (Å²) in [4.78, 5) is 25.4. The molecule has 26 heavy (non-hydrogen) atoms. The molecule has 1 aliphatic heterocycles. The maximum Gasteiger partial charge on any atom is 0.243 e. The Morgan fingerprint density at radius 3 is 2.35 bits per heavy atom. The monoisotopic (exact) mass is 382 g/mol. The largest absolute Gasteiger partial charge is 0.354 e. The molecule has 9 heteroatoms. The van der Waals surface area contributed by atoms with Gasteiger partial charge >= 0.3 is 0 Å². The Hall–Kier alpha value is -1.97. The summed E-state index contributed by atoms with van der Waals surface area (Å²) in [6.07, 6.45) is 2.38. The molecule has 1 saturated heterocycles. The number of sulfonamides is 1. The summed E-state index contributed by atoms with van der Waals surface area (Å²) in [5.41, 5.74) is 0.513. The van der Waals surface area contributed by atoms with Gasteiger partial charge in [0.1, 0.15) is 0 Å². The van der Waals surface area contributed by atoms with Crippen LogP contribution >= 0.6 is 0 Å². The van der Waals surface area contributed by atoms with Crippen molar-refractivity contribution in [1.29, 1.82) is 0 Å². The second-order valence-electron chi connectivity index (χ2n) is 6.37. The third kappa shape index (κ3) is 5.79. The van der Waals surface area contributed by atoms with E-state index in [1.807, 2.05) is 0 Å². The van der Waals surface area contributed by atoms with Crippen LogP contribution in [-0.4, -0.2) is 69.2 Å². The second-order valence-corrected chi connectivity index (χ2v) is 8.41. The topological polar surface area (TPSA) is 98.8 Å². The zero-order valence-corrected chi connectivity index (χ0v) is 16.0. The molecule has 0 aliphatic carbocycles. The highest BCUT2D eigenvalue weighted by molar-refractivity contribution is 7.89. The van der Waals surface area contributed by atoms with Crippen LogP contribution in [0.4, 0.5) is 5.69 Å². The smallest absolute Gasteiger partial charge is 0.243 e. The van der Waals surface area contributed by atoms with Crippen LogP contribution in [0.3, 0.4) is 0 Å². The normalized spacial score (nSPS) is 15.2. The number of amides is 2. The SMILES string of the molecule is CC(=O)Nc1ccc(S(=O)(=O)N(C)CC(=O)NCCN2CCCC2)cc1. The van der Waals surface area contributed by atoms with E-state index >= 15 is 0 Å².